The molecular weight excluding hydrogens is 364 g/mol. The average Bonchev–Trinajstić information content (AvgIpc) is 2.68. The highest BCUT2D eigenvalue weighted by molar-refractivity contribution is 5.79. The van der Waals surface area contributed by atoms with E-state index in [1.807, 2.05) is 32.2 Å². The minimum Gasteiger partial charge on any atom is -0.475 e. The predicted octanol–water partition coefficient (Wildman–Crippen LogP) is 3.54. The van der Waals surface area contributed by atoms with Crippen LogP contribution >= 0.6 is 0 Å². The van der Waals surface area contributed by atoms with Crippen LogP contribution in [0.25, 0.3) is 0 Å². The molecule has 160 valence electrons. The second-order valence-electron chi connectivity index (χ2n) is 9.19. The average molecular weight is 401 g/mol. The SMILES string of the molecule is CC(C)Oc1ccc(NC2CCC(C(=O)N3CCN(C4CCC4)CC3)CC2)cn1. The lowest BCUT2D eigenvalue weighted by molar-refractivity contribution is -0.139. The van der Waals surface area contributed by atoms with Crippen LogP contribution in [0.1, 0.15) is 58.8 Å². The van der Waals surface area contributed by atoms with Gasteiger partial charge < -0.3 is 15.0 Å². The molecule has 0 atom stereocenters. The zero-order valence-electron chi connectivity index (χ0n) is 18.0. The molecule has 0 spiro atoms. The third-order valence-electron chi connectivity index (χ3n) is 6.76. The molecule has 6 heteroatoms. The second-order valence-corrected chi connectivity index (χ2v) is 9.19. The Morgan fingerprint density at radius 3 is 2.34 bits per heavy atom. The van der Waals surface area contributed by atoms with Crippen molar-refractivity contribution in [3.05, 3.63) is 18.3 Å². The van der Waals surface area contributed by atoms with Gasteiger partial charge in [-0.15, -0.1) is 0 Å². The van der Waals surface area contributed by atoms with Crippen LogP contribution in [0, 0.1) is 5.92 Å². The smallest absolute Gasteiger partial charge is 0.225 e. The first-order valence-corrected chi connectivity index (χ1v) is 11.5. The number of amides is 1. The van der Waals surface area contributed by atoms with Gasteiger partial charge in [0, 0.05) is 50.2 Å². The summed E-state index contributed by atoms with van der Waals surface area (Å²) in [4.78, 5) is 22.1. The van der Waals surface area contributed by atoms with Gasteiger partial charge in [0.05, 0.1) is 18.0 Å². The summed E-state index contributed by atoms with van der Waals surface area (Å²) < 4.78 is 5.60. The summed E-state index contributed by atoms with van der Waals surface area (Å²) in [7, 11) is 0. The van der Waals surface area contributed by atoms with Crippen LogP contribution in [0.2, 0.25) is 0 Å². The van der Waals surface area contributed by atoms with E-state index < -0.39 is 0 Å². The van der Waals surface area contributed by atoms with E-state index in [2.05, 4.69) is 20.1 Å². The Bertz CT molecular complexity index is 658. The van der Waals surface area contributed by atoms with E-state index in [1.54, 1.807) is 0 Å². The molecule has 2 heterocycles. The fraction of sp³-hybridized carbons (Fsp3) is 0.739. The number of carbonyl (C=O) groups excluding carboxylic acids is 1. The first-order chi connectivity index (χ1) is 14.1. The van der Waals surface area contributed by atoms with Gasteiger partial charge in [0.1, 0.15) is 0 Å². The number of carbonyl (C=O) groups is 1. The lowest BCUT2D eigenvalue weighted by Gasteiger charge is -2.44. The molecule has 2 aliphatic carbocycles. The van der Waals surface area contributed by atoms with Gasteiger partial charge in [0.25, 0.3) is 0 Å². The van der Waals surface area contributed by atoms with Crippen molar-refractivity contribution in [1.29, 1.82) is 0 Å². The van der Waals surface area contributed by atoms with Gasteiger partial charge in [0.15, 0.2) is 0 Å². The van der Waals surface area contributed by atoms with Gasteiger partial charge in [0.2, 0.25) is 11.8 Å². The van der Waals surface area contributed by atoms with E-state index in [0.717, 1.165) is 63.6 Å². The maximum Gasteiger partial charge on any atom is 0.225 e. The molecule has 3 fully saturated rings. The number of hydrogen-bond acceptors (Lipinski definition) is 5. The predicted molar refractivity (Wildman–Crippen MR) is 115 cm³/mol. The third-order valence-corrected chi connectivity index (χ3v) is 6.76. The number of aromatic nitrogens is 1. The third kappa shape index (κ3) is 5.21. The summed E-state index contributed by atoms with van der Waals surface area (Å²) in [6.45, 7) is 7.98. The number of nitrogens with zero attached hydrogens (tertiary/aromatic N) is 3. The number of ether oxygens (including phenoxy) is 1. The Morgan fingerprint density at radius 2 is 1.79 bits per heavy atom. The molecule has 1 N–H and O–H groups in total. The van der Waals surface area contributed by atoms with E-state index in [9.17, 15) is 4.79 Å². The van der Waals surface area contributed by atoms with Crippen molar-refractivity contribution in [3.63, 3.8) is 0 Å². The molecule has 0 radical (unpaired) electrons. The minimum atomic E-state index is 0.135. The van der Waals surface area contributed by atoms with Crippen LogP contribution in [0.15, 0.2) is 18.3 Å². The molecule has 0 bridgehead atoms. The van der Waals surface area contributed by atoms with Crippen LogP contribution in [0.5, 0.6) is 5.88 Å². The monoisotopic (exact) mass is 400 g/mol. The number of hydrogen-bond donors (Lipinski definition) is 1. The quantitative estimate of drug-likeness (QED) is 0.792. The Balaban J connectivity index is 1.19. The van der Waals surface area contributed by atoms with E-state index >= 15 is 0 Å². The van der Waals surface area contributed by atoms with Crippen LogP contribution < -0.4 is 10.1 Å². The highest BCUT2D eigenvalue weighted by atomic mass is 16.5. The van der Waals surface area contributed by atoms with Gasteiger partial charge in [-0.25, -0.2) is 4.98 Å². The summed E-state index contributed by atoms with van der Waals surface area (Å²) >= 11 is 0. The molecule has 1 amide bonds. The Hall–Kier alpha value is -1.82. The zero-order valence-corrected chi connectivity index (χ0v) is 18.0. The maximum atomic E-state index is 13.0. The van der Waals surface area contributed by atoms with Crippen molar-refractivity contribution < 1.29 is 9.53 Å². The largest absolute Gasteiger partial charge is 0.475 e. The molecule has 29 heavy (non-hydrogen) atoms. The number of anilines is 1. The van der Waals surface area contributed by atoms with Crippen molar-refractivity contribution in [1.82, 2.24) is 14.8 Å². The van der Waals surface area contributed by atoms with Crippen molar-refractivity contribution >= 4 is 11.6 Å². The number of nitrogens with one attached hydrogen (secondary N) is 1. The Labute approximate surface area is 175 Å². The number of pyridine rings is 1. The molecule has 1 saturated heterocycles. The Morgan fingerprint density at radius 1 is 1.07 bits per heavy atom. The topological polar surface area (TPSA) is 57.7 Å². The fourth-order valence-corrected chi connectivity index (χ4v) is 4.81. The van der Waals surface area contributed by atoms with Crippen LogP contribution in [0.4, 0.5) is 5.69 Å². The molecule has 1 aliphatic heterocycles. The molecule has 2 saturated carbocycles. The summed E-state index contributed by atoms with van der Waals surface area (Å²) in [6.07, 6.45) is 10.1. The summed E-state index contributed by atoms with van der Waals surface area (Å²) in [5, 5.41) is 3.58. The van der Waals surface area contributed by atoms with Crippen LogP contribution in [-0.4, -0.2) is 65.1 Å². The number of rotatable bonds is 6. The zero-order chi connectivity index (χ0) is 20.2. The highest BCUT2D eigenvalue weighted by Crippen LogP contribution is 2.30. The highest BCUT2D eigenvalue weighted by Gasteiger charge is 2.33. The molecular formula is C23H36N4O2. The van der Waals surface area contributed by atoms with Crippen LogP contribution in [-0.2, 0) is 4.79 Å². The minimum absolute atomic E-state index is 0.135. The fourth-order valence-electron chi connectivity index (χ4n) is 4.81. The first-order valence-electron chi connectivity index (χ1n) is 11.5. The lowest BCUT2D eigenvalue weighted by atomic mass is 9.85. The van der Waals surface area contributed by atoms with E-state index in [0.29, 0.717) is 17.8 Å². The van der Waals surface area contributed by atoms with Crippen molar-refractivity contribution in [2.75, 3.05) is 31.5 Å². The molecule has 0 unspecified atom stereocenters. The van der Waals surface area contributed by atoms with Crippen LogP contribution in [0.3, 0.4) is 0 Å². The van der Waals surface area contributed by atoms with E-state index in [1.165, 1.54) is 19.3 Å². The summed E-state index contributed by atoms with van der Waals surface area (Å²) in [6, 6.07) is 5.17. The van der Waals surface area contributed by atoms with Gasteiger partial charge in [-0.2, -0.15) is 0 Å². The standard InChI is InChI=1S/C23H36N4O2/c1-17(2)29-22-11-10-20(16-24-22)25-19-8-6-18(7-9-19)23(28)27-14-12-26(13-15-27)21-4-3-5-21/h10-11,16-19,21,25H,3-9,12-15H2,1-2H3. The molecule has 4 rings (SSSR count). The van der Waals surface area contributed by atoms with Gasteiger partial charge in [-0.05, 0) is 58.4 Å². The van der Waals surface area contributed by atoms with E-state index in [-0.39, 0.29) is 12.0 Å². The summed E-state index contributed by atoms with van der Waals surface area (Å²) in [5.74, 6) is 1.27. The van der Waals surface area contributed by atoms with Gasteiger partial charge >= 0.3 is 0 Å². The maximum absolute atomic E-state index is 13.0. The van der Waals surface area contributed by atoms with E-state index in [4.69, 9.17) is 4.74 Å². The molecule has 0 aromatic carbocycles. The van der Waals surface area contributed by atoms with Crippen molar-refractivity contribution in [2.45, 2.75) is 77.0 Å². The lowest BCUT2D eigenvalue weighted by Crippen LogP contribution is -2.54. The first kappa shape index (κ1) is 20.5. The molecule has 6 nitrogen and oxygen atoms in total. The Kier molecular flexibility index (Phi) is 6.58. The second kappa shape index (κ2) is 9.33. The van der Waals surface area contributed by atoms with Crippen molar-refractivity contribution in [3.8, 4) is 5.88 Å². The van der Waals surface area contributed by atoms with Crippen molar-refractivity contribution in [2.24, 2.45) is 5.92 Å². The number of piperazine rings is 1. The normalized spacial score (nSPS) is 26.2. The van der Waals surface area contributed by atoms with Gasteiger partial charge in [-0.1, -0.05) is 6.42 Å². The molecule has 3 aliphatic rings. The molecule has 1 aromatic rings. The summed E-state index contributed by atoms with van der Waals surface area (Å²) in [5.41, 5.74) is 1.03. The van der Waals surface area contributed by atoms with Gasteiger partial charge in [-0.3, -0.25) is 9.69 Å². The molecule has 1 aromatic heterocycles.